The molecular formula is C71H44N6O5. The predicted octanol–water partition coefficient (Wildman–Crippen LogP) is 15.9. The summed E-state index contributed by atoms with van der Waals surface area (Å²) in [6.07, 6.45) is 0. The van der Waals surface area contributed by atoms with Gasteiger partial charge in [-0.15, -0.1) is 10.2 Å². The van der Waals surface area contributed by atoms with E-state index >= 15 is 0 Å². The number of aromatic nitrogens is 4. The molecule has 0 unspecified atom stereocenters. The Morgan fingerprint density at radius 3 is 1.22 bits per heavy atom. The molecule has 14 aromatic rings. The zero-order valence-electron chi connectivity index (χ0n) is 44.0. The lowest BCUT2D eigenvalue weighted by atomic mass is 9.88. The third-order valence-electron chi connectivity index (χ3n) is 16.7. The molecule has 2 aliphatic rings. The molecule has 0 spiro atoms. The fourth-order valence-electron chi connectivity index (χ4n) is 12.8. The maximum atomic E-state index is 14.5. The molecule has 16 rings (SSSR count). The fraction of sp³-hybridized carbons (Fsp3) is 0.0423. The van der Waals surface area contributed by atoms with Crippen LogP contribution >= 0.6 is 0 Å². The third kappa shape index (κ3) is 6.96. The molecule has 0 bridgehead atoms. The van der Waals surface area contributed by atoms with Crippen LogP contribution in [0.4, 0.5) is 11.4 Å². The van der Waals surface area contributed by atoms with Crippen molar-refractivity contribution in [3.05, 3.63) is 252 Å². The van der Waals surface area contributed by atoms with Gasteiger partial charge in [0, 0.05) is 101 Å². The summed E-state index contributed by atoms with van der Waals surface area (Å²) in [6, 6.07) is 73.0. The zero-order chi connectivity index (χ0) is 54.9. The molecule has 11 heteroatoms. The van der Waals surface area contributed by atoms with E-state index in [0.717, 1.165) is 78.8 Å². The highest BCUT2D eigenvalue weighted by Gasteiger charge is 2.37. The topological polar surface area (TPSA) is 124 Å². The first-order valence-corrected chi connectivity index (χ1v) is 27.3. The number of amides is 4. The molecule has 388 valence electrons. The molecule has 11 aromatic carbocycles. The first kappa shape index (κ1) is 47.0. The number of anilines is 2. The molecule has 0 saturated heterocycles. The first-order valence-electron chi connectivity index (χ1n) is 27.3. The number of carbonyl (C=O) groups excluding carboxylic acids is 4. The number of fused-ring (bicyclic) bond motifs is 6. The van der Waals surface area contributed by atoms with Crippen molar-refractivity contribution in [2.45, 2.75) is 20.0 Å². The van der Waals surface area contributed by atoms with E-state index in [9.17, 15) is 19.2 Å². The molecule has 5 heterocycles. The van der Waals surface area contributed by atoms with Crippen molar-refractivity contribution in [3.63, 3.8) is 0 Å². The lowest BCUT2D eigenvalue weighted by Crippen LogP contribution is -2.40. The molecule has 11 nitrogen and oxygen atoms in total. The number of hydrogen-bond donors (Lipinski definition) is 0. The highest BCUT2D eigenvalue weighted by Crippen LogP contribution is 2.43. The number of rotatable bonds is 9. The fourth-order valence-corrected chi connectivity index (χ4v) is 12.8. The Morgan fingerprint density at radius 1 is 0.341 bits per heavy atom. The van der Waals surface area contributed by atoms with Crippen LogP contribution in [-0.4, -0.2) is 43.0 Å². The Kier molecular flexibility index (Phi) is 10.3. The summed E-state index contributed by atoms with van der Waals surface area (Å²) in [6.45, 7) is 3.74. The van der Waals surface area contributed by atoms with E-state index in [1.54, 1.807) is 60.7 Å². The van der Waals surface area contributed by atoms with Gasteiger partial charge in [0.05, 0.1) is 11.4 Å². The summed E-state index contributed by atoms with van der Waals surface area (Å²) in [4.78, 5) is 60.1. The standard InChI is InChI=1S/C71H44N6O5/c1-2-74-60-20-8-6-14-50(60)58-38-44(26-36-62(58)74)48-32-34-56-64-52(48)16-10-18-54(64)68(78)76(70(56)80)46-28-22-42(23-29-46)66-72-73-67(82-66)43-24-30-47(31-25-43)77-69(79)55-19-11-17-53-49(33-35-57(65(53)55)71(77)81)45-27-37-63-59(39-45)51-15-7-9-21-61(51)75(63)40-41-12-4-3-5-13-41/h3-39H,2,40H2,1H3. The second-order valence-corrected chi connectivity index (χ2v) is 21.0. The molecular weight excluding hydrogens is 1020 g/mol. The Morgan fingerprint density at radius 2 is 0.732 bits per heavy atom. The first-order chi connectivity index (χ1) is 40.3. The second-order valence-electron chi connectivity index (χ2n) is 21.0. The van der Waals surface area contributed by atoms with Crippen molar-refractivity contribution in [2.24, 2.45) is 0 Å². The van der Waals surface area contributed by atoms with Crippen LogP contribution in [0.25, 0.3) is 110 Å². The number of benzene rings is 11. The number of para-hydroxylation sites is 2. The Balaban J connectivity index is 0.646. The number of aryl methyl sites for hydroxylation is 1. The molecule has 0 atom stereocenters. The Hall–Kier alpha value is -11.0. The van der Waals surface area contributed by atoms with Crippen LogP contribution in [0.3, 0.4) is 0 Å². The molecule has 0 radical (unpaired) electrons. The summed E-state index contributed by atoms with van der Waals surface area (Å²) in [5, 5.41) is 16.2. The summed E-state index contributed by atoms with van der Waals surface area (Å²) < 4.78 is 10.9. The summed E-state index contributed by atoms with van der Waals surface area (Å²) in [5.41, 5.74) is 13.5. The minimum absolute atomic E-state index is 0.224. The van der Waals surface area contributed by atoms with Crippen LogP contribution in [0.5, 0.6) is 0 Å². The monoisotopic (exact) mass is 1060 g/mol. The van der Waals surface area contributed by atoms with Gasteiger partial charge in [0.1, 0.15) is 0 Å². The van der Waals surface area contributed by atoms with E-state index in [4.69, 9.17) is 4.42 Å². The molecule has 0 fully saturated rings. The van der Waals surface area contributed by atoms with Crippen LogP contribution < -0.4 is 9.80 Å². The highest BCUT2D eigenvalue weighted by atomic mass is 16.4. The molecule has 4 amide bonds. The van der Waals surface area contributed by atoms with Crippen LogP contribution in [-0.2, 0) is 13.1 Å². The average molecular weight is 1060 g/mol. The molecule has 2 aliphatic heterocycles. The smallest absolute Gasteiger partial charge is 0.265 e. The highest BCUT2D eigenvalue weighted by molar-refractivity contribution is 6.38. The molecule has 0 N–H and O–H groups in total. The zero-order valence-corrected chi connectivity index (χ0v) is 44.0. The Bertz CT molecular complexity index is 5050. The van der Waals surface area contributed by atoms with Gasteiger partial charge in [0.2, 0.25) is 11.8 Å². The maximum Gasteiger partial charge on any atom is 0.265 e. The van der Waals surface area contributed by atoms with Crippen LogP contribution in [0, 0.1) is 0 Å². The molecule has 3 aromatic heterocycles. The summed E-state index contributed by atoms with van der Waals surface area (Å²) in [7, 11) is 0. The lowest BCUT2D eigenvalue weighted by Gasteiger charge is -2.28. The van der Waals surface area contributed by atoms with Gasteiger partial charge in [-0.2, -0.15) is 0 Å². The van der Waals surface area contributed by atoms with E-state index in [-0.39, 0.29) is 11.8 Å². The van der Waals surface area contributed by atoms with Crippen molar-refractivity contribution in [3.8, 4) is 45.2 Å². The Labute approximate surface area is 468 Å². The summed E-state index contributed by atoms with van der Waals surface area (Å²) >= 11 is 0. The number of imide groups is 2. The van der Waals surface area contributed by atoms with E-state index in [1.807, 2.05) is 54.6 Å². The van der Waals surface area contributed by atoms with Crippen LogP contribution in [0.15, 0.2) is 229 Å². The minimum Gasteiger partial charge on any atom is -0.416 e. The predicted molar refractivity (Wildman–Crippen MR) is 323 cm³/mol. The van der Waals surface area contributed by atoms with E-state index in [0.29, 0.717) is 55.5 Å². The average Bonchev–Trinajstić information content (AvgIpc) is 4.33. The summed E-state index contributed by atoms with van der Waals surface area (Å²) in [5.74, 6) is -1.21. The van der Waals surface area contributed by atoms with E-state index in [1.165, 1.54) is 26.3 Å². The van der Waals surface area contributed by atoms with Gasteiger partial charge < -0.3 is 13.6 Å². The van der Waals surface area contributed by atoms with Crippen molar-refractivity contribution < 1.29 is 23.6 Å². The van der Waals surface area contributed by atoms with Gasteiger partial charge in [-0.25, -0.2) is 9.80 Å². The third-order valence-corrected chi connectivity index (χ3v) is 16.7. The molecule has 0 saturated carbocycles. The van der Waals surface area contributed by atoms with Crippen LogP contribution in [0.2, 0.25) is 0 Å². The van der Waals surface area contributed by atoms with Gasteiger partial charge in [0.15, 0.2) is 0 Å². The van der Waals surface area contributed by atoms with E-state index in [2.05, 4.69) is 135 Å². The van der Waals surface area contributed by atoms with Crippen molar-refractivity contribution in [1.82, 2.24) is 19.3 Å². The largest absolute Gasteiger partial charge is 0.416 e. The van der Waals surface area contributed by atoms with Gasteiger partial charge in [-0.05, 0) is 155 Å². The maximum absolute atomic E-state index is 14.5. The minimum atomic E-state index is -0.416. The SMILES string of the molecule is CCn1c2ccccc2c2cc(-c3ccc4c5c(cccc35)C(=O)N(c3ccc(-c5nnc(-c6ccc(N7C(=O)c8cccc9c(-c%10ccc%11c(c%10)c%10ccccc%10n%11Cc%10ccccc%10)ccc(c89)C7=O)cc6)o5)cc3)C4=O)ccc21. The normalized spacial score (nSPS) is 13.3. The van der Waals surface area contributed by atoms with Crippen molar-refractivity contribution in [1.29, 1.82) is 0 Å². The van der Waals surface area contributed by atoms with Gasteiger partial charge in [-0.1, -0.05) is 115 Å². The van der Waals surface area contributed by atoms with Crippen molar-refractivity contribution >= 4 is 100 Å². The molecule has 0 aliphatic carbocycles. The van der Waals surface area contributed by atoms with E-state index < -0.39 is 23.6 Å². The lowest BCUT2D eigenvalue weighted by molar-refractivity contribution is 0.0877. The second kappa shape index (κ2) is 18.0. The van der Waals surface area contributed by atoms with Crippen molar-refractivity contribution in [2.75, 3.05) is 9.80 Å². The van der Waals surface area contributed by atoms with Gasteiger partial charge in [0.25, 0.3) is 23.6 Å². The number of nitrogens with zero attached hydrogens (tertiary/aromatic N) is 6. The number of carbonyl (C=O) groups is 4. The molecule has 82 heavy (non-hydrogen) atoms. The quantitative estimate of drug-likeness (QED) is 0.132. The van der Waals surface area contributed by atoms with Crippen LogP contribution in [0.1, 0.15) is 53.9 Å². The van der Waals surface area contributed by atoms with Gasteiger partial charge in [-0.3, -0.25) is 19.2 Å². The van der Waals surface area contributed by atoms with Gasteiger partial charge >= 0.3 is 0 Å². The number of hydrogen-bond acceptors (Lipinski definition) is 7.